The molecule has 0 saturated carbocycles. The van der Waals surface area contributed by atoms with E-state index in [1.54, 1.807) is 25.1 Å². The summed E-state index contributed by atoms with van der Waals surface area (Å²) >= 11 is 1.72. The van der Waals surface area contributed by atoms with Crippen LogP contribution in [0.1, 0.15) is 5.56 Å². The van der Waals surface area contributed by atoms with Gasteiger partial charge in [-0.25, -0.2) is 0 Å². The van der Waals surface area contributed by atoms with Crippen molar-refractivity contribution in [2.75, 3.05) is 13.4 Å². The second-order valence-electron chi connectivity index (χ2n) is 4.82. The van der Waals surface area contributed by atoms with Gasteiger partial charge in [-0.2, -0.15) is 0 Å². The van der Waals surface area contributed by atoms with Gasteiger partial charge in [0.25, 0.3) is 0 Å². The molecule has 22 heavy (non-hydrogen) atoms. The first-order valence-electron chi connectivity index (χ1n) is 6.98. The van der Waals surface area contributed by atoms with Crippen molar-refractivity contribution in [3.63, 3.8) is 0 Å². The largest absolute Gasteiger partial charge is 0.497 e. The number of rotatable bonds is 5. The smallest absolute Gasteiger partial charge is 0.121 e. The van der Waals surface area contributed by atoms with E-state index in [2.05, 4.69) is 23.4 Å². The van der Waals surface area contributed by atoms with Crippen molar-refractivity contribution in [2.24, 2.45) is 0 Å². The Kier molecular flexibility index (Phi) is 4.49. The highest BCUT2D eigenvalue weighted by atomic mass is 32.2. The average molecular weight is 311 g/mol. The number of pyridine rings is 1. The van der Waals surface area contributed by atoms with Gasteiger partial charge in [-0.05, 0) is 48.7 Å². The lowest BCUT2D eigenvalue weighted by atomic mass is 10.1. The normalized spacial score (nSPS) is 10.6. The molecule has 3 nitrogen and oxygen atoms in total. The van der Waals surface area contributed by atoms with Gasteiger partial charge in [-0.15, -0.1) is 11.8 Å². The third-order valence-electron chi connectivity index (χ3n) is 3.49. The minimum atomic E-state index is 0.518. The van der Waals surface area contributed by atoms with E-state index in [1.807, 2.05) is 36.4 Å². The Balaban J connectivity index is 1.81. The molecule has 0 atom stereocenters. The molecule has 3 rings (SSSR count). The third-order valence-corrected chi connectivity index (χ3v) is 4.24. The second-order valence-corrected chi connectivity index (χ2v) is 5.70. The number of hydrogen-bond donors (Lipinski definition) is 0. The number of ether oxygens (including phenoxy) is 2. The first-order chi connectivity index (χ1) is 10.8. The van der Waals surface area contributed by atoms with Gasteiger partial charge in [0.2, 0.25) is 0 Å². The van der Waals surface area contributed by atoms with Gasteiger partial charge in [0.05, 0.1) is 12.6 Å². The summed E-state index contributed by atoms with van der Waals surface area (Å²) < 4.78 is 11.1. The summed E-state index contributed by atoms with van der Waals surface area (Å²) in [6, 6.07) is 16.0. The van der Waals surface area contributed by atoms with Gasteiger partial charge in [-0.3, -0.25) is 4.98 Å². The van der Waals surface area contributed by atoms with E-state index in [0.717, 1.165) is 28.0 Å². The monoisotopic (exact) mass is 311 g/mol. The van der Waals surface area contributed by atoms with E-state index < -0.39 is 0 Å². The van der Waals surface area contributed by atoms with Crippen LogP contribution >= 0.6 is 11.8 Å². The molecule has 0 bridgehead atoms. The lowest BCUT2D eigenvalue weighted by molar-refractivity contribution is 0.307. The van der Waals surface area contributed by atoms with E-state index in [0.29, 0.717) is 6.61 Å². The molecule has 4 heteroatoms. The molecule has 0 aliphatic rings. The SMILES string of the molecule is COc1ccc2c(COc3ccc(SC)cc3)ccnc2c1. The summed E-state index contributed by atoms with van der Waals surface area (Å²) in [6.07, 6.45) is 3.87. The average Bonchev–Trinajstić information content (AvgIpc) is 2.59. The Labute approximate surface area is 134 Å². The molecule has 0 saturated heterocycles. The molecule has 0 unspecified atom stereocenters. The van der Waals surface area contributed by atoms with Crippen LogP contribution in [0.3, 0.4) is 0 Å². The molecule has 0 aliphatic carbocycles. The number of nitrogens with zero attached hydrogens (tertiary/aromatic N) is 1. The van der Waals surface area contributed by atoms with Crippen LogP contribution < -0.4 is 9.47 Å². The van der Waals surface area contributed by atoms with E-state index in [1.165, 1.54) is 4.90 Å². The molecule has 0 radical (unpaired) electrons. The van der Waals surface area contributed by atoms with Crippen LogP contribution in [0.5, 0.6) is 11.5 Å². The summed E-state index contributed by atoms with van der Waals surface area (Å²) in [5.41, 5.74) is 2.03. The van der Waals surface area contributed by atoms with Crippen molar-refractivity contribution in [1.29, 1.82) is 0 Å². The van der Waals surface area contributed by atoms with Gasteiger partial charge in [-0.1, -0.05) is 0 Å². The zero-order valence-corrected chi connectivity index (χ0v) is 13.4. The predicted molar refractivity (Wildman–Crippen MR) is 90.9 cm³/mol. The molecular weight excluding hydrogens is 294 g/mol. The fourth-order valence-electron chi connectivity index (χ4n) is 2.27. The Morgan fingerprint density at radius 1 is 1.00 bits per heavy atom. The fraction of sp³-hybridized carbons (Fsp3) is 0.167. The highest BCUT2D eigenvalue weighted by molar-refractivity contribution is 7.98. The van der Waals surface area contributed by atoms with Gasteiger partial charge >= 0.3 is 0 Å². The minimum Gasteiger partial charge on any atom is -0.497 e. The van der Waals surface area contributed by atoms with Gasteiger partial charge in [0, 0.05) is 28.1 Å². The minimum absolute atomic E-state index is 0.518. The van der Waals surface area contributed by atoms with Gasteiger partial charge in [0.1, 0.15) is 18.1 Å². The van der Waals surface area contributed by atoms with Crippen molar-refractivity contribution in [1.82, 2.24) is 4.98 Å². The molecule has 2 aromatic carbocycles. The van der Waals surface area contributed by atoms with Crippen LogP contribution in [0.15, 0.2) is 59.6 Å². The Morgan fingerprint density at radius 2 is 1.77 bits per heavy atom. The predicted octanol–water partition coefficient (Wildman–Crippen LogP) is 4.54. The topological polar surface area (TPSA) is 31.4 Å². The summed E-state index contributed by atoms with van der Waals surface area (Å²) in [4.78, 5) is 5.62. The summed E-state index contributed by atoms with van der Waals surface area (Å²) in [5.74, 6) is 1.68. The Bertz CT molecular complexity index is 772. The highest BCUT2D eigenvalue weighted by Crippen LogP contribution is 2.24. The summed E-state index contributed by atoms with van der Waals surface area (Å²) in [7, 11) is 1.66. The maximum absolute atomic E-state index is 5.89. The maximum Gasteiger partial charge on any atom is 0.121 e. The zero-order chi connectivity index (χ0) is 15.4. The van der Waals surface area contributed by atoms with Crippen LogP contribution in [0.4, 0.5) is 0 Å². The van der Waals surface area contributed by atoms with Crippen LogP contribution in [0.25, 0.3) is 10.9 Å². The van der Waals surface area contributed by atoms with Crippen molar-refractivity contribution >= 4 is 22.7 Å². The molecular formula is C18H17NO2S. The number of aromatic nitrogens is 1. The van der Waals surface area contributed by atoms with Gasteiger partial charge in [0.15, 0.2) is 0 Å². The van der Waals surface area contributed by atoms with Crippen LogP contribution in [-0.2, 0) is 6.61 Å². The Hall–Kier alpha value is -2.20. The number of thioether (sulfide) groups is 1. The molecule has 3 aromatic rings. The molecule has 0 amide bonds. The summed E-state index contributed by atoms with van der Waals surface area (Å²) in [5, 5.41) is 1.09. The molecule has 0 fully saturated rings. The molecule has 1 aromatic heterocycles. The highest BCUT2D eigenvalue weighted by Gasteiger charge is 2.04. The number of benzene rings is 2. The standard InChI is InChI=1S/C18H17NO2S/c1-20-15-5-8-17-13(9-10-19-18(17)11-15)12-21-14-3-6-16(22-2)7-4-14/h3-11H,12H2,1-2H3. The van der Waals surface area contributed by atoms with Crippen LogP contribution in [0.2, 0.25) is 0 Å². The molecule has 0 aliphatic heterocycles. The fourth-order valence-corrected chi connectivity index (χ4v) is 2.68. The van der Waals surface area contributed by atoms with E-state index >= 15 is 0 Å². The van der Waals surface area contributed by atoms with Crippen LogP contribution in [0, 0.1) is 0 Å². The van der Waals surface area contributed by atoms with E-state index in [9.17, 15) is 0 Å². The number of methoxy groups -OCH3 is 1. The maximum atomic E-state index is 5.89. The van der Waals surface area contributed by atoms with E-state index in [4.69, 9.17) is 9.47 Å². The van der Waals surface area contributed by atoms with Crippen LogP contribution in [-0.4, -0.2) is 18.3 Å². The van der Waals surface area contributed by atoms with Crippen molar-refractivity contribution < 1.29 is 9.47 Å². The van der Waals surface area contributed by atoms with Gasteiger partial charge < -0.3 is 9.47 Å². The first kappa shape index (κ1) is 14.7. The second kappa shape index (κ2) is 6.71. The number of fused-ring (bicyclic) bond motifs is 1. The van der Waals surface area contributed by atoms with Crippen molar-refractivity contribution in [3.8, 4) is 11.5 Å². The first-order valence-corrected chi connectivity index (χ1v) is 8.21. The van der Waals surface area contributed by atoms with E-state index in [-0.39, 0.29) is 0 Å². The summed E-state index contributed by atoms with van der Waals surface area (Å²) in [6.45, 7) is 0.518. The third kappa shape index (κ3) is 3.17. The Morgan fingerprint density at radius 3 is 2.50 bits per heavy atom. The zero-order valence-electron chi connectivity index (χ0n) is 12.6. The molecule has 1 heterocycles. The lowest BCUT2D eigenvalue weighted by Gasteiger charge is -2.10. The lowest BCUT2D eigenvalue weighted by Crippen LogP contribution is -1.97. The number of hydrogen-bond acceptors (Lipinski definition) is 4. The molecule has 0 spiro atoms. The van der Waals surface area contributed by atoms with Crippen molar-refractivity contribution in [3.05, 3.63) is 60.3 Å². The molecule has 112 valence electrons. The van der Waals surface area contributed by atoms with Crippen molar-refractivity contribution in [2.45, 2.75) is 11.5 Å². The molecule has 0 N–H and O–H groups in total. The quantitative estimate of drug-likeness (QED) is 0.647.